The van der Waals surface area contributed by atoms with Gasteiger partial charge in [0.1, 0.15) is 5.60 Å². The van der Waals surface area contributed by atoms with Crippen LogP contribution in [0.5, 0.6) is 0 Å². The zero-order chi connectivity index (χ0) is 15.3. The van der Waals surface area contributed by atoms with Crippen LogP contribution in [-0.2, 0) is 15.5 Å². The third-order valence-electron chi connectivity index (χ3n) is 3.22. The Balaban J connectivity index is 2.13. The molecule has 2 N–H and O–H groups in total. The number of hydrogen-bond acceptors (Lipinski definition) is 4. The van der Waals surface area contributed by atoms with Gasteiger partial charge in [-0.2, -0.15) is 0 Å². The number of amides is 1. The number of carbonyl (C=O) groups is 1. The lowest BCUT2D eigenvalue weighted by atomic mass is 9.86. The van der Waals surface area contributed by atoms with E-state index < -0.39 is 16.4 Å². The fourth-order valence-electron chi connectivity index (χ4n) is 2.17. The maximum absolute atomic E-state index is 11.6. The lowest BCUT2D eigenvalue weighted by molar-refractivity contribution is 0.0463. The third kappa shape index (κ3) is 7.24. The third-order valence-corrected chi connectivity index (χ3v) is 4.03. The lowest BCUT2D eigenvalue weighted by Gasteiger charge is -2.38. The predicted octanol–water partition coefficient (Wildman–Crippen LogP) is 1.79. The average Bonchev–Trinajstić information content (AvgIpc) is 2.20. The van der Waals surface area contributed by atoms with Gasteiger partial charge < -0.3 is 15.4 Å². The summed E-state index contributed by atoms with van der Waals surface area (Å²) in [6, 6.07) is 1.01. The van der Waals surface area contributed by atoms with E-state index in [0.29, 0.717) is 12.1 Å². The van der Waals surface area contributed by atoms with Crippen molar-refractivity contribution in [2.75, 3.05) is 12.0 Å². The molecule has 0 spiro atoms. The van der Waals surface area contributed by atoms with Gasteiger partial charge in [-0.05, 0) is 47.0 Å². The Labute approximate surface area is 124 Å². The van der Waals surface area contributed by atoms with Crippen molar-refractivity contribution in [2.24, 2.45) is 0 Å². The second kappa shape index (κ2) is 7.41. The topological polar surface area (TPSA) is 67.4 Å². The molecule has 1 saturated carbocycles. The summed E-state index contributed by atoms with van der Waals surface area (Å²) >= 11 is 0. The van der Waals surface area contributed by atoms with E-state index in [4.69, 9.17) is 4.74 Å². The molecule has 0 saturated heterocycles. The van der Waals surface area contributed by atoms with Crippen molar-refractivity contribution in [3.05, 3.63) is 0 Å². The zero-order valence-electron chi connectivity index (χ0n) is 13.2. The van der Waals surface area contributed by atoms with Crippen molar-refractivity contribution in [2.45, 2.75) is 70.7 Å². The summed E-state index contributed by atoms with van der Waals surface area (Å²) in [6.07, 6.45) is 4.17. The quantitative estimate of drug-likeness (QED) is 0.785. The number of alkyl carbamates (subject to hydrolysis) is 1. The Morgan fingerprint density at radius 2 is 1.95 bits per heavy atom. The van der Waals surface area contributed by atoms with E-state index in [1.54, 1.807) is 6.26 Å². The highest BCUT2D eigenvalue weighted by atomic mass is 32.2. The fraction of sp³-hybridized carbons (Fsp3) is 0.929. The van der Waals surface area contributed by atoms with E-state index in [1.165, 1.54) is 0 Å². The van der Waals surface area contributed by atoms with Gasteiger partial charge in [0.05, 0.1) is 0 Å². The summed E-state index contributed by atoms with van der Waals surface area (Å²) in [5.41, 5.74) is -0.449. The molecular weight excluding hydrogens is 276 g/mol. The van der Waals surface area contributed by atoms with Crippen LogP contribution in [0.1, 0.15) is 47.0 Å². The van der Waals surface area contributed by atoms with Gasteiger partial charge in [-0.15, -0.1) is 0 Å². The summed E-state index contributed by atoms with van der Waals surface area (Å²) in [5, 5.41) is 6.37. The molecule has 1 amide bonds. The van der Waals surface area contributed by atoms with E-state index in [-0.39, 0.29) is 12.1 Å². The molecule has 0 bridgehead atoms. The van der Waals surface area contributed by atoms with Gasteiger partial charge in [0, 0.05) is 40.9 Å². The number of carbonyl (C=O) groups excluding carboxylic acids is 1. The van der Waals surface area contributed by atoms with Crippen LogP contribution in [0.3, 0.4) is 0 Å². The van der Waals surface area contributed by atoms with Gasteiger partial charge in [-0.3, -0.25) is 4.21 Å². The first-order valence-electron chi connectivity index (χ1n) is 7.21. The largest absolute Gasteiger partial charge is 0.444 e. The molecule has 118 valence electrons. The highest BCUT2D eigenvalue weighted by molar-refractivity contribution is 7.84. The first kappa shape index (κ1) is 17.4. The molecule has 0 radical (unpaired) electrons. The zero-order valence-corrected chi connectivity index (χ0v) is 14.0. The molecule has 0 aromatic heterocycles. The molecular formula is C14H28N2O3S. The first-order chi connectivity index (χ1) is 9.15. The summed E-state index contributed by atoms with van der Waals surface area (Å²) in [5.74, 6) is 0.737. The van der Waals surface area contributed by atoms with Crippen molar-refractivity contribution >= 4 is 16.9 Å². The fourth-order valence-corrected chi connectivity index (χ4v) is 2.86. The minimum absolute atomic E-state index is 0.204. The van der Waals surface area contributed by atoms with Crippen molar-refractivity contribution in [1.29, 1.82) is 0 Å². The van der Waals surface area contributed by atoms with Crippen LogP contribution in [0, 0.1) is 0 Å². The van der Waals surface area contributed by atoms with E-state index in [2.05, 4.69) is 17.6 Å². The van der Waals surface area contributed by atoms with E-state index >= 15 is 0 Å². The molecule has 6 heteroatoms. The van der Waals surface area contributed by atoms with Crippen LogP contribution in [-0.4, -0.2) is 46.0 Å². The lowest BCUT2D eigenvalue weighted by Crippen LogP contribution is -2.54. The first-order valence-corrected chi connectivity index (χ1v) is 8.94. The second-order valence-electron chi connectivity index (χ2n) is 6.65. The van der Waals surface area contributed by atoms with Crippen molar-refractivity contribution in [1.82, 2.24) is 10.6 Å². The maximum Gasteiger partial charge on any atom is 0.407 e. The van der Waals surface area contributed by atoms with Gasteiger partial charge in [-0.1, -0.05) is 0 Å². The molecule has 0 aromatic carbocycles. The van der Waals surface area contributed by atoms with Gasteiger partial charge in [0.2, 0.25) is 0 Å². The molecule has 1 aliphatic carbocycles. The molecule has 0 aromatic rings. The molecule has 0 aliphatic heterocycles. The van der Waals surface area contributed by atoms with Crippen LogP contribution in [0.25, 0.3) is 0 Å². The Bertz CT molecular complexity index is 349. The molecule has 1 aliphatic rings. The highest BCUT2D eigenvalue weighted by Crippen LogP contribution is 2.21. The van der Waals surface area contributed by atoms with Crippen LogP contribution < -0.4 is 10.6 Å². The molecule has 20 heavy (non-hydrogen) atoms. The van der Waals surface area contributed by atoms with Crippen molar-refractivity contribution < 1.29 is 13.7 Å². The number of nitrogens with one attached hydrogen (secondary N) is 2. The summed E-state index contributed by atoms with van der Waals surface area (Å²) in [4.78, 5) is 11.6. The van der Waals surface area contributed by atoms with Gasteiger partial charge in [0.15, 0.2) is 0 Å². The van der Waals surface area contributed by atoms with E-state index in [0.717, 1.165) is 25.0 Å². The minimum atomic E-state index is -0.723. The monoisotopic (exact) mass is 304 g/mol. The number of hydrogen-bond donors (Lipinski definition) is 2. The van der Waals surface area contributed by atoms with Gasteiger partial charge >= 0.3 is 6.09 Å². The Hall–Kier alpha value is -0.620. The molecule has 0 heterocycles. The van der Waals surface area contributed by atoms with Crippen LogP contribution in [0.2, 0.25) is 0 Å². The smallest absolute Gasteiger partial charge is 0.407 e. The van der Waals surface area contributed by atoms with Crippen LogP contribution in [0.15, 0.2) is 0 Å². The normalized spacial score (nSPS) is 25.4. The van der Waals surface area contributed by atoms with Crippen LogP contribution in [0.4, 0.5) is 4.79 Å². The summed E-state index contributed by atoms with van der Waals surface area (Å²) < 4.78 is 16.2. The Morgan fingerprint density at radius 3 is 2.45 bits per heavy atom. The molecule has 5 nitrogen and oxygen atoms in total. The van der Waals surface area contributed by atoms with Gasteiger partial charge in [-0.25, -0.2) is 4.79 Å². The Kier molecular flexibility index (Phi) is 6.45. The maximum atomic E-state index is 11.6. The average molecular weight is 304 g/mol. The molecule has 2 unspecified atom stereocenters. The summed E-state index contributed by atoms with van der Waals surface area (Å²) in [6.45, 7) is 7.69. The second-order valence-corrected chi connectivity index (χ2v) is 8.20. The standard InChI is InChI=1S/C14H28N2O3S/c1-10(6-7-20(5)18)15-11-8-12(9-11)16-13(17)19-14(2,3)4/h10-12,15H,6-9H2,1-5H3,(H,16,17). The number of ether oxygens (including phenoxy) is 1. The molecule has 2 atom stereocenters. The number of rotatable bonds is 6. The van der Waals surface area contributed by atoms with Crippen molar-refractivity contribution in [3.63, 3.8) is 0 Å². The highest BCUT2D eigenvalue weighted by Gasteiger charge is 2.32. The molecule has 1 rings (SSSR count). The minimum Gasteiger partial charge on any atom is -0.444 e. The predicted molar refractivity (Wildman–Crippen MR) is 82.3 cm³/mol. The summed E-state index contributed by atoms with van der Waals surface area (Å²) in [7, 11) is -0.723. The van der Waals surface area contributed by atoms with Gasteiger partial charge in [0.25, 0.3) is 0 Å². The van der Waals surface area contributed by atoms with E-state index in [1.807, 2.05) is 20.8 Å². The Morgan fingerprint density at radius 1 is 1.35 bits per heavy atom. The van der Waals surface area contributed by atoms with E-state index in [9.17, 15) is 9.00 Å². The SMILES string of the molecule is CC(CCS(C)=O)NC1CC(NC(=O)OC(C)(C)C)C1. The van der Waals surface area contributed by atoms with Crippen molar-refractivity contribution in [3.8, 4) is 0 Å². The van der Waals surface area contributed by atoms with Crippen LogP contribution >= 0.6 is 0 Å². The molecule has 1 fully saturated rings.